The zero-order valence-electron chi connectivity index (χ0n) is 9.65. The van der Waals surface area contributed by atoms with Crippen LogP contribution in [0.15, 0.2) is 0 Å². The van der Waals surface area contributed by atoms with Crippen molar-refractivity contribution in [1.82, 2.24) is 5.32 Å². The Kier molecular flexibility index (Phi) is 5.49. The minimum absolute atomic E-state index is 0.706. The Morgan fingerprint density at radius 2 is 1.86 bits per heavy atom. The molecule has 0 bridgehead atoms. The fourth-order valence-corrected chi connectivity index (χ4v) is 1.93. The van der Waals surface area contributed by atoms with Crippen molar-refractivity contribution in [2.45, 2.75) is 51.9 Å². The van der Waals surface area contributed by atoms with Gasteiger partial charge in [-0.15, -0.1) is 0 Å². The third-order valence-corrected chi connectivity index (χ3v) is 3.51. The summed E-state index contributed by atoms with van der Waals surface area (Å²) in [5.74, 6) is 0. The van der Waals surface area contributed by atoms with Gasteiger partial charge in [-0.25, -0.2) is 0 Å². The summed E-state index contributed by atoms with van der Waals surface area (Å²) in [5.41, 5.74) is 6.14. The van der Waals surface area contributed by atoms with Gasteiger partial charge in [-0.1, -0.05) is 19.8 Å². The summed E-state index contributed by atoms with van der Waals surface area (Å²) in [7, 11) is 0. The van der Waals surface area contributed by atoms with Crippen LogP contribution in [0.25, 0.3) is 0 Å². The number of unbranched alkanes of at least 4 members (excludes halogenated alkanes) is 3. The second kappa shape index (κ2) is 6.41. The quantitative estimate of drug-likeness (QED) is 0.558. The molecule has 0 heterocycles. The molecule has 0 aromatic rings. The van der Waals surface area contributed by atoms with Crippen LogP contribution in [0.2, 0.25) is 0 Å². The maximum Gasteiger partial charge on any atom is 0.000771 e. The molecule has 0 aromatic heterocycles. The van der Waals surface area contributed by atoms with E-state index in [1.807, 2.05) is 0 Å². The number of nitrogens with two attached hydrogens (primary N) is 1. The minimum atomic E-state index is 0.706. The standard InChI is InChI=1S/C12H26N2/c1-2-12(7-8-12)11-14-10-6-4-3-5-9-13/h14H,2-11,13H2,1H3. The first kappa shape index (κ1) is 12.0. The predicted octanol–water partition coefficient (Wildman–Crippen LogP) is 2.29. The fraction of sp³-hybridized carbons (Fsp3) is 1.00. The molecule has 1 aliphatic carbocycles. The normalized spacial score (nSPS) is 18.4. The third kappa shape index (κ3) is 4.43. The van der Waals surface area contributed by atoms with Crippen LogP contribution in [0.3, 0.4) is 0 Å². The maximum absolute atomic E-state index is 5.44. The Hall–Kier alpha value is -0.0800. The number of hydrogen-bond acceptors (Lipinski definition) is 2. The molecule has 1 rings (SSSR count). The van der Waals surface area contributed by atoms with Crippen LogP contribution in [0.4, 0.5) is 0 Å². The van der Waals surface area contributed by atoms with Crippen LogP contribution in [0, 0.1) is 5.41 Å². The number of hydrogen-bond donors (Lipinski definition) is 2. The van der Waals surface area contributed by atoms with E-state index in [1.165, 1.54) is 58.0 Å². The van der Waals surface area contributed by atoms with E-state index in [1.54, 1.807) is 0 Å². The van der Waals surface area contributed by atoms with Gasteiger partial charge in [0.15, 0.2) is 0 Å². The van der Waals surface area contributed by atoms with E-state index in [2.05, 4.69) is 12.2 Å². The van der Waals surface area contributed by atoms with Crippen LogP contribution in [0.5, 0.6) is 0 Å². The lowest BCUT2D eigenvalue weighted by Crippen LogP contribution is -2.24. The van der Waals surface area contributed by atoms with Gasteiger partial charge in [0.25, 0.3) is 0 Å². The largest absolute Gasteiger partial charge is 0.330 e. The summed E-state index contributed by atoms with van der Waals surface area (Å²) in [5, 5.41) is 3.58. The van der Waals surface area contributed by atoms with Crippen molar-refractivity contribution in [3.8, 4) is 0 Å². The highest BCUT2D eigenvalue weighted by Gasteiger charge is 2.39. The number of rotatable bonds is 9. The van der Waals surface area contributed by atoms with Gasteiger partial charge in [0.2, 0.25) is 0 Å². The maximum atomic E-state index is 5.44. The SMILES string of the molecule is CCC1(CNCCCCCCN)CC1. The molecule has 14 heavy (non-hydrogen) atoms. The first-order valence-corrected chi connectivity index (χ1v) is 6.24. The first-order valence-electron chi connectivity index (χ1n) is 6.24. The zero-order valence-corrected chi connectivity index (χ0v) is 9.65. The monoisotopic (exact) mass is 198 g/mol. The summed E-state index contributed by atoms with van der Waals surface area (Å²) in [6.45, 7) is 5.62. The van der Waals surface area contributed by atoms with Crippen molar-refractivity contribution in [2.75, 3.05) is 19.6 Å². The molecule has 0 amide bonds. The number of nitrogens with one attached hydrogen (secondary N) is 1. The van der Waals surface area contributed by atoms with Crippen molar-refractivity contribution in [3.63, 3.8) is 0 Å². The van der Waals surface area contributed by atoms with Crippen molar-refractivity contribution >= 4 is 0 Å². The van der Waals surface area contributed by atoms with Gasteiger partial charge in [-0.2, -0.15) is 0 Å². The topological polar surface area (TPSA) is 38.0 Å². The summed E-state index contributed by atoms with van der Waals surface area (Å²) in [6.07, 6.45) is 9.40. The van der Waals surface area contributed by atoms with E-state index < -0.39 is 0 Å². The lowest BCUT2D eigenvalue weighted by Gasteiger charge is -2.12. The minimum Gasteiger partial charge on any atom is -0.330 e. The molecule has 0 aliphatic heterocycles. The Labute approximate surface area is 88.6 Å². The second-order valence-electron chi connectivity index (χ2n) is 4.73. The lowest BCUT2D eigenvalue weighted by molar-refractivity contribution is 0.438. The lowest BCUT2D eigenvalue weighted by atomic mass is 10.0. The van der Waals surface area contributed by atoms with Gasteiger partial charge < -0.3 is 11.1 Å². The van der Waals surface area contributed by atoms with Crippen LogP contribution in [0.1, 0.15) is 51.9 Å². The Morgan fingerprint density at radius 1 is 1.14 bits per heavy atom. The molecule has 0 spiro atoms. The second-order valence-corrected chi connectivity index (χ2v) is 4.73. The molecule has 0 aromatic carbocycles. The smallest absolute Gasteiger partial charge is 0.000771 e. The molecule has 0 saturated heterocycles. The van der Waals surface area contributed by atoms with Crippen molar-refractivity contribution in [3.05, 3.63) is 0 Å². The molecular formula is C12H26N2. The molecule has 84 valence electrons. The average molecular weight is 198 g/mol. The predicted molar refractivity (Wildman–Crippen MR) is 62.4 cm³/mol. The van der Waals surface area contributed by atoms with Gasteiger partial charge in [-0.05, 0) is 50.6 Å². The highest BCUT2D eigenvalue weighted by atomic mass is 14.9. The van der Waals surface area contributed by atoms with Crippen molar-refractivity contribution in [2.24, 2.45) is 11.1 Å². The Morgan fingerprint density at radius 3 is 2.43 bits per heavy atom. The molecule has 2 heteroatoms. The van der Waals surface area contributed by atoms with Gasteiger partial charge >= 0.3 is 0 Å². The molecule has 0 unspecified atom stereocenters. The van der Waals surface area contributed by atoms with Crippen molar-refractivity contribution in [1.29, 1.82) is 0 Å². The van der Waals surface area contributed by atoms with E-state index in [4.69, 9.17) is 5.73 Å². The molecule has 0 atom stereocenters. The molecule has 2 nitrogen and oxygen atoms in total. The van der Waals surface area contributed by atoms with Crippen molar-refractivity contribution < 1.29 is 0 Å². The van der Waals surface area contributed by atoms with Gasteiger partial charge in [0.05, 0.1) is 0 Å². The summed E-state index contributed by atoms with van der Waals surface area (Å²) in [6, 6.07) is 0. The van der Waals surface area contributed by atoms with E-state index >= 15 is 0 Å². The van der Waals surface area contributed by atoms with Crippen LogP contribution in [-0.2, 0) is 0 Å². The summed E-state index contributed by atoms with van der Waals surface area (Å²) >= 11 is 0. The molecule has 1 saturated carbocycles. The molecule has 1 fully saturated rings. The van der Waals surface area contributed by atoms with Gasteiger partial charge in [0, 0.05) is 6.54 Å². The highest BCUT2D eigenvalue weighted by Crippen LogP contribution is 2.47. The van der Waals surface area contributed by atoms with Crippen LogP contribution >= 0.6 is 0 Å². The van der Waals surface area contributed by atoms with Gasteiger partial charge in [-0.3, -0.25) is 0 Å². The third-order valence-electron chi connectivity index (χ3n) is 3.51. The van der Waals surface area contributed by atoms with Crippen LogP contribution in [-0.4, -0.2) is 19.6 Å². The fourth-order valence-electron chi connectivity index (χ4n) is 1.93. The highest BCUT2D eigenvalue weighted by molar-refractivity contribution is 4.93. The zero-order chi connectivity index (χ0) is 10.3. The first-order chi connectivity index (χ1) is 6.83. The molecular weight excluding hydrogens is 172 g/mol. The van der Waals surface area contributed by atoms with Crippen LogP contribution < -0.4 is 11.1 Å². The van der Waals surface area contributed by atoms with E-state index in [-0.39, 0.29) is 0 Å². The molecule has 0 radical (unpaired) electrons. The Bertz CT molecular complexity index is 141. The Balaban J connectivity index is 1.80. The molecule has 1 aliphatic rings. The van der Waals surface area contributed by atoms with E-state index in [0.717, 1.165) is 6.54 Å². The van der Waals surface area contributed by atoms with Gasteiger partial charge in [0.1, 0.15) is 0 Å². The average Bonchev–Trinajstić information content (AvgIpc) is 2.98. The van der Waals surface area contributed by atoms with E-state index in [9.17, 15) is 0 Å². The van der Waals surface area contributed by atoms with E-state index in [0.29, 0.717) is 5.41 Å². The molecule has 3 N–H and O–H groups in total. The summed E-state index contributed by atoms with van der Waals surface area (Å²) < 4.78 is 0. The summed E-state index contributed by atoms with van der Waals surface area (Å²) in [4.78, 5) is 0.